The highest BCUT2D eigenvalue weighted by Crippen LogP contribution is 2.38. The summed E-state index contributed by atoms with van der Waals surface area (Å²) >= 11 is 0. The molecule has 1 aliphatic carbocycles. The molecule has 2 unspecified atom stereocenters. The smallest absolute Gasteiger partial charge is 0.243 e. The first-order valence-electron chi connectivity index (χ1n) is 7.58. The summed E-state index contributed by atoms with van der Waals surface area (Å²) in [5.74, 6) is 0.937. The first-order chi connectivity index (χ1) is 9.44. The quantitative estimate of drug-likeness (QED) is 0.883. The summed E-state index contributed by atoms with van der Waals surface area (Å²) in [5.41, 5.74) is 7.35. The highest BCUT2D eigenvalue weighted by molar-refractivity contribution is 5.88. The molecule has 0 bridgehead atoms. The van der Waals surface area contributed by atoms with Gasteiger partial charge in [0.1, 0.15) is 5.54 Å². The number of primary amides is 1. The van der Waals surface area contributed by atoms with E-state index in [1.807, 2.05) is 18.2 Å². The van der Waals surface area contributed by atoms with Crippen LogP contribution in [0.3, 0.4) is 0 Å². The maximum atomic E-state index is 12.1. The molecular weight excluding hydrogens is 248 g/mol. The van der Waals surface area contributed by atoms with Crippen LogP contribution in [-0.2, 0) is 4.79 Å². The van der Waals surface area contributed by atoms with Crippen molar-refractivity contribution < 1.29 is 4.79 Å². The standard InChI is InChI=1S/C17H26N2O/c1-12(2)14-8-6-10-17(11-14,16(18)20)19-15-9-5-4-7-13(15)3/h4-5,7,9,12,14,19H,6,8,10-11H2,1-3H3,(H2,18,20). The van der Waals surface area contributed by atoms with Crippen molar-refractivity contribution in [2.24, 2.45) is 17.6 Å². The summed E-state index contributed by atoms with van der Waals surface area (Å²) in [6, 6.07) is 8.08. The van der Waals surface area contributed by atoms with Crippen molar-refractivity contribution in [3.63, 3.8) is 0 Å². The lowest BCUT2D eigenvalue weighted by Crippen LogP contribution is -2.54. The normalized spacial score (nSPS) is 26.5. The van der Waals surface area contributed by atoms with Crippen molar-refractivity contribution in [3.8, 4) is 0 Å². The van der Waals surface area contributed by atoms with Crippen LogP contribution in [0.1, 0.15) is 45.1 Å². The van der Waals surface area contributed by atoms with E-state index >= 15 is 0 Å². The van der Waals surface area contributed by atoms with Crippen molar-refractivity contribution in [2.75, 3.05) is 5.32 Å². The molecule has 1 saturated carbocycles. The van der Waals surface area contributed by atoms with E-state index in [0.29, 0.717) is 11.8 Å². The Hall–Kier alpha value is -1.51. The van der Waals surface area contributed by atoms with Crippen LogP contribution in [0.2, 0.25) is 0 Å². The second-order valence-electron chi connectivity index (χ2n) is 6.49. The lowest BCUT2D eigenvalue weighted by molar-refractivity contribution is -0.124. The van der Waals surface area contributed by atoms with Crippen LogP contribution in [0.5, 0.6) is 0 Å². The molecule has 1 aliphatic rings. The summed E-state index contributed by atoms with van der Waals surface area (Å²) in [7, 11) is 0. The van der Waals surface area contributed by atoms with Crippen LogP contribution in [0, 0.1) is 18.8 Å². The number of nitrogens with two attached hydrogens (primary N) is 1. The van der Waals surface area contributed by atoms with Crippen LogP contribution in [0.4, 0.5) is 5.69 Å². The van der Waals surface area contributed by atoms with Gasteiger partial charge in [0.25, 0.3) is 0 Å². The highest BCUT2D eigenvalue weighted by Gasteiger charge is 2.42. The predicted octanol–water partition coefficient (Wildman–Crippen LogP) is 3.48. The fourth-order valence-electron chi connectivity index (χ4n) is 3.26. The molecule has 110 valence electrons. The van der Waals surface area contributed by atoms with Gasteiger partial charge in [-0.3, -0.25) is 4.79 Å². The van der Waals surface area contributed by atoms with E-state index in [1.54, 1.807) is 0 Å². The summed E-state index contributed by atoms with van der Waals surface area (Å²) in [5, 5.41) is 3.47. The monoisotopic (exact) mass is 274 g/mol. The lowest BCUT2D eigenvalue weighted by Gasteiger charge is -2.41. The van der Waals surface area contributed by atoms with Crippen molar-refractivity contribution in [1.82, 2.24) is 0 Å². The van der Waals surface area contributed by atoms with E-state index in [0.717, 1.165) is 30.5 Å². The number of nitrogens with one attached hydrogen (secondary N) is 1. The maximum Gasteiger partial charge on any atom is 0.243 e. The number of para-hydroxylation sites is 1. The Balaban J connectivity index is 2.26. The van der Waals surface area contributed by atoms with Crippen molar-refractivity contribution in [1.29, 1.82) is 0 Å². The molecule has 1 aromatic rings. The zero-order valence-electron chi connectivity index (χ0n) is 12.8. The van der Waals surface area contributed by atoms with Crippen molar-refractivity contribution >= 4 is 11.6 Å². The third-order valence-corrected chi connectivity index (χ3v) is 4.72. The van der Waals surface area contributed by atoms with E-state index in [1.165, 1.54) is 6.42 Å². The third-order valence-electron chi connectivity index (χ3n) is 4.72. The van der Waals surface area contributed by atoms with Gasteiger partial charge >= 0.3 is 0 Å². The Morgan fingerprint density at radius 2 is 2.10 bits per heavy atom. The largest absolute Gasteiger partial charge is 0.371 e. The average molecular weight is 274 g/mol. The van der Waals surface area contributed by atoms with Gasteiger partial charge in [-0.2, -0.15) is 0 Å². The highest BCUT2D eigenvalue weighted by atomic mass is 16.1. The topological polar surface area (TPSA) is 55.1 Å². The average Bonchev–Trinajstić information content (AvgIpc) is 2.41. The van der Waals surface area contributed by atoms with Crippen LogP contribution in [0.15, 0.2) is 24.3 Å². The van der Waals surface area contributed by atoms with Crippen LogP contribution in [0.25, 0.3) is 0 Å². The molecule has 1 amide bonds. The van der Waals surface area contributed by atoms with Crippen LogP contribution >= 0.6 is 0 Å². The number of hydrogen-bond acceptors (Lipinski definition) is 2. The van der Waals surface area contributed by atoms with Crippen LogP contribution in [-0.4, -0.2) is 11.4 Å². The van der Waals surface area contributed by atoms with E-state index in [-0.39, 0.29) is 5.91 Å². The van der Waals surface area contributed by atoms with Gasteiger partial charge in [0.2, 0.25) is 5.91 Å². The minimum absolute atomic E-state index is 0.217. The molecule has 1 fully saturated rings. The molecule has 20 heavy (non-hydrogen) atoms. The summed E-state index contributed by atoms with van der Waals surface area (Å²) < 4.78 is 0. The molecule has 1 aromatic carbocycles. The van der Waals surface area contributed by atoms with Crippen molar-refractivity contribution in [2.45, 2.75) is 52.0 Å². The second-order valence-corrected chi connectivity index (χ2v) is 6.49. The molecule has 0 aliphatic heterocycles. The molecule has 0 aromatic heterocycles. The molecule has 2 atom stereocenters. The second kappa shape index (κ2) is 5.86. The Kier molecular flexibility index (Phi) is 4.36. The van der Waals surface area contributed by atoms with Gasteiger partial charge in [-0.15, -0.1) is 0 Å². The number of amides is 1. The van der Waals surface area contributed by atoms with E-state index < -0.39 is 5.54 Å². The molecule has 0 spiro atoms. The number of benzene rings is 1. The minimum atomic E-state index is -0.584. The van der Waals surface area contributed by atoms with E-state index in [2.05, 4.69) is 32.2 Å². The summed E-state index contributed by atoms with van der Waals surface area (Å²) in [6.45, 7) is 6.52. The number of anilines is 1. The predicted molar refractivity (Wildman–Crippen MR) is 83.5 cm³/mol. The van der Waals surface area contributed by atoms with Gasteiger partial charge in [0.05, 0.1) is 0 Å². The SMILES string of the molecule is Cc1ccccc1NC1(C(N)=O)CCCC(C(C)C)C1. The number of hydrogen-bond donors (Lipinski definition) is 2. The molecule has 3 heteroatoms. The Morgan fingerprint density at radius 1 is 1.40 bits per heavy atom. The molecule has 3 N–H and O–H groups in total. The maximum absolute atomic E-state index is 12.1. The van der Waals surface area contributed by atoms with E-state index in [4.69, 9.17) is 5.73 Å². The Morgan fingerprint density at radius 3 is 2.70 bits per heavy atom. The number of aryl methyl sites for hydroxylation is 1. The summed E-state index contributed by atoms with van der Waals surface area (Å²) in [6.07, 6.45) is 3.93. The minimum Gasteiger partial charge on any atom is -0.371 e. The van der Waals surface area contributed by atoms with Gasteiger partial charge in [-0.25, -0.2) is 0 Å². The van der Waals surface area contributed by atoms with E-state index in [9.17, 15) is 4.79 Å². The zero-order chi connectivity index (χ0) is 14.8. The molecular formula is C17H26N2O. The number of carbonyl (C=O) groups is 1. The van der Waals surface area contributed by atoms with Crippen LogP contribution < -0.4 is 11.1 Å². The summed E-state index contributed by atoms with van der Waals surface area (Å²) in [4.78, 5) is 12.1. The van der Waals surface area contributed by atoms with Gasteiger partial charge in [0.15, 0.2) is 0 Å². The molecule has 3 nitrogen and oxygen atoms in total. The van der Waals surface area contributed by atoms with Crippen molar-refractivity contribution in [3.05, 3.63) is 29.8 Å². The lowest BCUT2D eigenvalue weighted by atomic mass is 9.71. The molecule has 0 saturated heterocycles. The van der Waals surface area contributed by atoms with Gasteiger partial charge in [0, 0.05) is 5.69 Å². The van der Waals surface area contributed by atoms with Gasteiger partial charge in [-0.1, -0.05) is 38.5 Å². The zero-order valence-corrected chi connectivity index (χ0v) is 12.8. The first-order valence-corrected chi connectivity index (χ1v) is 7.58. The first kappa shape index (κ1) is 14.9. The molecule has 0 heterocycles. The molecule has 2 rings (SSSR count). The fourth-order valence-corrected chi connectivity index (χ4v) is 3.26. The number of rotatable bonds is 4. The number of carbonyl (C=O) groups excluding carboxylic acids is 1. The molecule has 0 radical (unpaired) electrons. The fraction of sp³-hybridized carbons (Fsp3) is 0.588. The Bertz CT molecular complexity index is 484. The third kappa shape index (κ3) is 2.97. The Labute approximate surface area is 121 Å². The van der Waals surface area contributed by atoms with Gasteiger partial charge < -0.3 is 11.1 Å². The van der Waals surface area contributed by atoms with Gasteiger partial charge in [-0.05, 0) is 49.7 Å².